The molecule has 0 bridgehead atoms. The molecule has 1 aliphatic carbocycles. The molecule has 0 aromatic rings. The van der Waals surface area contributed by atoms with Crippen LogP contribution in [0.3, 0.4) is 0 Å². The van der Waals surface area contributed by atoms with Gasteiger partial charge in [0.15, 0.2) is 0 Å². The molecular weight excluding hydrogens is 262 g/mol. The van der Waals surface area contributed by atoms with Crippen molar-refractivity contribution in [2.75, 3.05) is 19.8 Å². The summed E-state index contributed by atoms with van der Waals surface area (Å²) in [6, 6.07) is 0. The Labute approximate surface area is 118 Å². The normalized spacial score (nSPS) is 19.6. The molecule has 18 heavy (non-hydrogen) atoms. The van der Waals surface area contributed by atoms with Gasteiger partial charge in [-0.25, -0.2) is 0 Å². The van der Waals surface area contributed by atoms with Crippen LogP contribution >= 0.6 is 11.8 Å². The van der Waals surface area contributed by atoms with Crippen molar-refractivity contribution in [2.24, 2.45) is 0 Å². The number of hydrogen-bond donors (Lipinski definition) is 0. The van der Waals surface area contributed by atoms with Crippen molar-refractivity contribution in [3.8, 4) is 0 Å². The van der Waals surface area contributed by atoms with Crippen molar-refractivity contribution in [1.29, 1.82) is 0 Å². The predicted molar refractivity (Wildman–Crippen MR) is 84.1 cm³/mol. The van der Waals surface area contributed by atoms with Crippen LogP contribution in [0.2, 0.25) is 0 Å². The van der Waals surface area contributed by atoms with E-state index >= 15 is 0 Å². The van der Waals surface area contributed by atoms with Crippen molar-refractivity contribution in [3.05, 3.63) is 22.6 Å². The van der Waals surface area contributed by atoms with E-state index in [2.05, 4.69) is 6.58 Å². The predicted octanol–water partition coefficient (Wildman–Crippen LogP) is 3.74. The van der Waals surface area contributed by atoms with E-state index < -0.39 is 10.8 Å². The summed E-state index contributed by atoms with van der Waals surface area (Å²) in [5, 5.41) is 3.42. The molecule has 0 heterocycles. The molecule has 0 saturated heterocycles. The van der Waals surface area contributed by atoms with Gasteiger partial charge in [-0.05, 0) is 19.8 Å². The van der Waals surface area contributed by atoms with Crippen LogP contribution < -0.4 is 0 Å². The zero-order chi connectivity index (χ0) is 13.5. The summed E-state index contributed by atoms with van der Waals surface area (Å²) < 4.78 is 12.3. The van der Waals surface area contributed by atoms with Crippen LogP contribution in [0.25, 0.3) is 0 Å². The first-order valence-electron chi connectivity index (χ1n) is 6.56. The van der Waals surface area contributed by atoms with Gasteiger partial charge in [0.2, 0.25) is 0 Å². The molecule has 1 rings (SSSR count). The molecule has 1 unspecified atom stereocenters. The highest BCUT2D eigenvalue weighted by molar-refractivity contribution is 8.03. The Morgan fingerprint density at radius 3 is 2.50 bits per heavy atom. The lowest BCUT2D eigenvalue weighted by atomic mass is 10.0. The minimum absolute atomic E-state index is 0.374. The Bertz CT molecular complexity index is 331. The molecule has 0 aromatic carbocycles. The average Bonchev–Trinajstić information content (AvgIpc) is 2.34. The van der Waals surface area contributed by atoms with E-state index in [1.165, 1.54) is 19.3 Å². The Morgan fingerprint density at radius 1 is 1.39 bits per heavy atom. The minimum atomic E-state index is -0.826. The van der Waals surface area contributed by atoms with E-state index in [1.54, 1.807) is 11.8 Å². The SMILES string of the molecule is C=C(C)CS/C(=C/S(=O)C1CCCCC1)N(C)C. The van der Waals surface area contributed by atoms with E-state index in [0.29, 0.717) is 5.25 Å². The van der Waals surface area contributed by atoms with Crippen molar-refractivity contribution in [3.63, 3.8) is 0 Å². The molecule has 0 amide bonds. The largest absolute Gasteiger partial charge is 0.372 e. The molecule has 1 aliphatic rings. The van der Waals surface area contributed by atoms with Crippen LogP contribution in [-0.4, -0.2) is 34.2 Å². The highest BCUT2D eigenvalue weighted by Crippen LogP contribution is 2.26. The second-order valence-electron chi connectivity index (χ2n) is 5.18. The van der Waals surface area contributed by atoms with Crippen LogP contribution in [0.5, 0.6) is 0 Å². The van der Waals surface area contributed by atoms with Crippen molar-refractivity contribution >= 4 is 22.6 Å². The third-order valence-corrected chi connectivity index (χ3v) is 6.15. The number of rotatable bonds is 6. The van der Waals surface area contributed by atoms with Gasteiger partial charge in [0, 0.05) is 30.5 Å². The fourth-order valence-corrected chi connectivity index (χ4v) is 4.57. The molecule has 0 spiro atoms. The van der Waals surface area contributed by atoms with Crippen LogP contribution in [-0.2, 0) is 10.8 Å². The van der Waals surface area contributed by atoms with Gasteiger partial charge in [0.05, 0.1) is 15.8 Å². The lowest BCUT2D eigenvalue weighted by Gasteiger charge is -2.21. The molecule has 104 valence electrons. The standard InChI is InChI=1S/C14H25NOS2/c1-12(2)10-17-14(15(3)4)11-18(16)13-8-6-5-7-9-13/h11,13H,1,5-10H2,2-4H3/b14-11+. The van der Waals surface area contributed by atoms with Gasteiger partial charge >= 0.3 is 0 Å². The Hall–Kier alpha value is -0.220. The van der Waals surface area contributed by atoms with Crippen LogP contribution in [0.4, 0.5) is 0 Å². The third kappa shape index (κ3) is 5.61. The zero-order valence-electron chi connectivity index (χ0n) is 11.8. The highest BCUT2D eigenvalue weighted by atomic mass is 32.2. The van der Waals surface area contributed by atoms with Gasteiger partial charge in [0.25, 0.3) is 0 Å². The fraction of sp³-hybridized carbons (Fsp3) is 0.714. The maximum Gasteiger partial charge on any atom is 0.0795 e. The third-order valence-electron chi connectivity index (χ3n) is 3.00. The summed E-state index contributed by atoms with van der Waals surface area (Å²) in [6.45, 7) is 5.94. The lowest BCUT2D eigenvalue weighted by Crippen LogP contribution is -2.18. The summed E-state index contributed by atoms with van der Waals surface area (Å²) in [5.41, 5.74) is 1.15. The topological polar surface area (TPSA) is 20.3 Å². The van der Waals surface area contributed by atoms with Crippen molar-refractivity contribution in [2.45, 2.75) is 44.3 Å². The molecule has 1 atom stereocenters. The monoisotopic (exact) mass is 287 g/mol. The first-order valence-corrected chi connectivity index (χ1v) is 8.82. The van der Waals surface area contributed by atoms with E-state index in [9.17, 15) is 4.21 Å². The molecule has 0 radical (unpaired) electrons. The molecule has 2 nitrogen and oxygen atoms in total. The van der Waals surface area contributed by atoms with Crippen molar-refractivity contribution in [1.82, 2.24) is 4.90 Å². The molecule has 4 heteroatoms. The number of nitrogens with zero attached hydrogens (tertiary/aromatic N) is 1. The molecule has 0 aromatic heterocycles. The van der Waals surface area contributed by atoms with Crippen molar-refractivity contribution < 1.29 is 4.21 Å². The van der Waals surface area contributed by atoms with E-state index in [-0.39, 0.29) is 0 Å². The fourth-order valence-electron chi connectivity index (χ4n) is 1.96. The first-order chi connectivity index (χ1) is 8.50. The molecular formula is C14H25NOS2. The lowest BCUT2D eigenvalue weighted by molar-refractivity contribution is 0.506. The van der Waals surface area contributed by atoms with Crippen LogP contribution in [0.15, 0.2) is 22.6 Å². The van der Waals surface area contributed by atoms with Gasteiger partial charge in [0.1, 0.15) is 0 Å². The van der Waals surface area contributed by atoms with E-state index in [1.807, 2.05) is 31.3 Å². The Kier molecular flexibility index (Phi) is 7.08. The van der Waals surface area contributed by atoms with Crippen LogP contribution in [0, 0.1) is 0 Å². The molecule has 0 N–H and O–H groups in total. The van der Waals surface area contributed by atoms with E-state index in [4.69, 9.17) is 0 Å². The highest BCUT2D eigenvalue weighted by Gasteiger charge is 2.19. The maximum atomic E-state index is 12.3. The van der Waals surface area contributed by atoms with Gasteiger partial charge in [-0.3, -0.25) is 4.21 Å². The molecule has 1 fully saturated rings. The smallest absolute Gasteiger partial charge is 0.0795 e. The summed E-state index contributed by atoms with van der Waals surface area (Å²) in [4.78, 5) is 2.05. The van der Waals surface area contributed by atoms with Gasteiger partial charge in [-0.2, -0.15) is 0 Å². The van der Waals surface area contributed by atoms with Crippen LogP contribution in [0.1, 0.15) is 39.0 Å². The Balaban J connectivity index is 2.61. The first kappa shape index (κ1) is 15.8. The maximum absolute atomic E-state index is 12.3. The zero-order valence-corrected chi connectivity index (χ0v) is 13.4. The quantitative estimate of drug-likeness (QED) is 0.694. The number of hydrogen-bond acceptors (Lipinski definition) is 3. The summed E-state index contributed by atoms with van der Waals surface area (Å²) >= 11 is 1.72. The molecule has 0 aliphatic heterocycles. The Morgan fingerprint density at radius 2 is 2.00 bits per heavy atom. The molecule has 1 saturated carbocycles. The van der Waals surface area contributed by atoms with Gasteiger partial charge < -0.3 is 4.90 Å². The van der Waals surface area contributed by atoms with Gasteiger partial charge in [-0.1, -0.05) is 31.4 Å². The summed E-state index contributed by atoms with van der Waals surface area (Å²) in [6.07, 6.45) is 6.02. The minimum Gasteiger partial charge on any atom is -0.372 e. The summed E-state index contributed by atoms with van der Waals surface area (Å²) in [5.74, 6) is 0.895. The second-order valence-corrected chi connectivity index (χ2v) is 7.74. The summed E-state index contributed by atoms with van der Waals surface area (Å²) in [7, 11) is 3.19. The number of thioether (sulfide) groups is 1. The van der Waals surface area contributed by atoms with E-state index in [0.717, 1.165) is 29.2 Å². The average molecular weight is 287 g/mol. The van der Waals surface area contributed by atoms with Gasteiger partial charge in [-0.15, -0.1) is 11.8 Å². The second kappa shape index (κ2) is 8.05.